The standard InChI is InChI=1S/C13H22.C11H18.C10H20.C2H6/c1-7-9-10-12(8-2)11(3)13(4,5)6;1-6-7-8-11(9(2)3)10(4)5;1-5-6-10(4)8-7-9(2)3;1-2/h7,9-10H,3,8H2,1-2,4-6H3;6H,1-2,7-8H2,3-5H3;10H,2,5-8H2,1,3-4H3;1-2H3/b9-7-,12-10-;;;. The molecule has 1 atom stereocenters. The van der Waals surface area contributed by atoms with Gasteiger partial charge in [-0.2, -0.15) is 0 Å². The summed E-state index contributed by atoms with van der Waals surface area (Å²) in [5.74, 6) is 0.890. The molecule has 0 aromatic carbocycles. The maximum Gasteiger partial charge on any atom is -0.0135 e. The van der Waals surface area contributed by atoms with E-state index in [1.807, 2.05) is 32.9 Å². The molecule has 0 saturated carbocycles. The Morgan fingerprint density at radius 1 is 0.889 bits per heavy atom. The maximum absolute atomic E-state index is 4.15. The van der Waals surface area contributed by atoms with Gasteiger partial charge < -0.3 is 0 Å². The van der Waals surface area contributed by atoms with Gasteiger partial charge in [0, 0.05) is 0 Å². The van der Waals surface area contributed by atoms with Crippen LogP contribution in [0.15, 0.2) is 84.1 Å². The van der Waals surface area contributed by atoms with E-state index in [0.29, 0.717) is 0 Å². The summed E-state index contributed by atoms with van der Waals surface area (Å²) in [5.41, 5.74) is 8.06. The highest BCUT2D eigenvalue weighted by molar-refractivity contribution is 5.35. The molecule has 0 saturated heterocycles. The highest BCUT2D eigenvalue weighted by Crippen LogP contribution is 2.31. The van der Waals surface area contributed by atoms with E-state index in [9.17, 15) is 0 Å². The Labute approximate surface area is 230 Å². The number of rotatable bonds is 12. The zero-order valence-electron chi connectivity index (χ0n) is 27.2. The molecule has 0 aromatic heterocycles. The lowest BCUT2D eigenvalue weighted by atomic mass is 9.82. The van der Waals surface area contributed by atoms with Crippen LogP contribution in [-0.4, -0.2) is 0 Å². The average molecular weight is 499 g/mol. The van der Waals surface area contributed by atoms with Gasteiger partial charge >= 0.3 is 0 Å². The Balaban J connectivity index is -0.000000208. The molecule has 1 unspecified atom stereocenters. The first-order valence-corrected chi connectivity index (χ1v) is 14.3. The molecule has 0 spiro atoms. The molecule has 0 aliphatic carbocycles. The molecule has 0 radical (unpaired) electrons. The highest BCUT2D eigenvalue weighted by atomic mass is 14.2. The van der Waals surface area contributed by atoms with Crippen molar-refractivity contribution in [3.05, 3.63) is 84.1 Å². The predicted molar refractivity (Wildman–Crippen MR) is 174 cm³/mol. The Bertz CT molecular complexity index is 678. The van der Waals surface area contributed by atoms with Crippen LogP contribution in [0.25, 0.3) is 0 Å². The lowest BCUT2D eigenvalue weighted by Crippen LogP contribution is -2.10. The molecule has 0 heteroatoms. The van der Waals surface area contributed by atoms with E-state index in [1.165, 1.54) is 59.1 Å². The molecule has 0 amide bonds. The minimum atomic E-state index is 0.184. The summed E-state index contributed by atoms with van der Waals surface area (Å²) in [6, 6.07) is 0. The van der Waals surface area contributed by atoms with E-state index in [2.05, 4.69) is 108 Å². The number of hydrogen-bond acceptors (Lipinski definition) is 0. The Kier molecular flexibility index (Phi) is 30.1. The van der Waals surface area contributed by atoms with Crippen LogP contribution in [0.5, 0.6) is 0 Å². The fourth-order valence-electron chi connectivity index (χ4n) is 3.39. The fraction of sp³-hybridized carbons (Fsp3) is 0.611. The van der Waals surface area contributed by atoms with Crippen LogP contribution in [0.4, 0.5) is 0 Å². The maximum atomic E-state index is 4.15. The average Bonchev–Trinajstić information content (AvgIpc) is 2.79. The van der Waals surface area contributed by atoms with E-state index in [4.69, 9.17) is 0 Å². The Morgan fingerprint density at radius 3 is 1.72 bits per heavy atom. The van der Waals surface area contributed by atoms with E-state index in [1.54, 1.807) is 0 Å². The summed E-state index contributed by atoms with van der Waals surface area (Å²) in [6.07, 6.45) is 16.6. The summed E-state index contributed by atoms with van der Waals surface area (Å²) < 4.78 is 0. The van der Waals surface area contributed by atoms with Gasteiger partial charge in [0.2, 0.25) is 0 Å². The molecule has 0 aromatic rings. The van der Waals surface area contributed by atoms with Crippen molar-refractivity contribution in [2.75, 3.05) is 0 Å². The van der Waals surface area contributed by atoms with Crippen molar-refractivity contribution in [3.8, 4) is 0 Å². The molecule has 0 N–H and O–H groups in total. The highest BCUT2D eigenvalue weighted by Gasteiger charge is 2.16. The molecule has 36 heavy (non-hydrogen) atoms. The zero-order valence-corrected chi connectivity index (χ0v) is 27.2. The predicted octanol–water partition coefficient (Wildman–Crippen LogP) is 13.2. The molecular weight excluding hydrogens is 432 g/mol. The lowest BCUT2D eigenvalue weighted by Gasteiger charge is -2.23. The molecule has 0 aliphatic heterocycles. The SMILES string of the molecule is C=C(/C(=C\C=C/C)CC)C(C)(C)C.C=C(C)CCC(C)CCC.C=CCCC(C(=C)C)=C(C)C.CC. The monoisotopic (exact) mass is 499 g/mol. The quantitative estimate of drug-likeness (QED) is 0.185. The van der Waals surface area contributed by atoms with Gasteiger partial charge in [0.1, 0.15) is 0 Å². The molecule has 0 aliphatic rings. The van der Waals surface area contributed by atoms with Gasteiger partial charge in [-0.3, -0.25) is 0 Å². The molecule has 0 bridgehead atoms. The summed E-state index contributed by atoms with van der Waals surface area (Å²) in [4.78, 5) is 0. The summed E-state index contributed by atoms with van der Waals surface area (Å²) in [6.45, 7) is 43.5. The van der Waals surface area contributed by atoms with E-state index in [0.717, 1.165) is 25.2 Å². The molecule has 210 valence electrons. The summed E-state index contributed by atoms with van der Waals surface area (Å²) in [7, 11) is 0. The second kappa shape index (κ2) is 26.2. The van der Waals surface area contributed by atoms with Crippen molar-refractivity contribution < 1.29 is 0 Å². The van der Waals surface area contributed by atoms with Gasteiger partial charge in [-0.1, -0.05) is 122 Å². The fourth-order valence-corrected chi connectivity index (χ4v) is 3.39. The molecule has 0 fully saturated rings. The minimum Gasteiger partial charge on any atom is -0.103 e. The number of allylic oxidation sites excluding steroid dienone is 10. The third kappa shape index (κ3) is 26.8. The van der Waals surface area contributed by atoms with E-state index < -0.39 is 0 Å². The lowest BCUT2D eigenvalue weighted by molar-refractivity contribution is 0.486. The summed E-state index contributed by atoms with van der Waals surface area (Å²) >= 11 is 0. The van der Waals surface area contributed by atoms with Crippen LogP contribution >= 0.6 is 0 Å². The first kappa shape index (κ1) is 41.3. The van der Waals surface area contributed by atoms with Crippen LogP contribution in [0.1, 0.15) is 135 Å². The Hall–Kier alpha value is -1.82. The molecule has 0 heterocycles. The van der Waals surface area contributed by atoms with Gasteiger partial charge in [0.25, 0.3) is 0 Å². The first-order chi connectivity index (χ1) is 16.7. The van der Waals surface area contributed by atoms with Crippen LogP contribution in [-0.2, 0) is 0 Å². The Morgan fingerprint density at radius 2 is 1.42 bits per heavy atom. The zero-order chi connectivity index (χ0) is 29.3. The third-order valence-corrected chi connectivity index (χ3v) is 5.73. The van der Waals surface area contributed by atoms with E-state index in [-0.39, 0.29) is 5.41 Å². The topological polar surface area (TPSA) is 0 Å². The first-order valence-electron chi connectivity index (χ1n) is 14.3. The van der Waals surface area contributed by atoms with Crippen LogP contribution in [0.2, 0.25) is 0 Å². The van der Waals surface area contributed by atoms with Crippen LogP contribution in [0, 0.1) is 11.3 Å². The summed E-state index contributed by atoms with van der Waals surface area (Å²) in [5, 5.41) is 0. The van der Waals surface area contributed by atoms with Gasteiger partial charge in [-0.25, -0.2) is 0 Å². The second-order valence-electron chi connectivity index (χ2n) is 10.8. The van der Waals surface area contributed by atoms with E-state index >= 15 is 0 Å². The number of hydrogen-bond donors (Lipinski definition) is 0. The van der Waals surface area contributed by atoms with Crippen molar-refractivity contribution in [1.29, 1.82) is 0 Å². The third-order valence-electron chi connectivity index (χ3n) is 5.73. The second-order valence-corrected chi connectivity index (χ2v) is 10.8. The van der Waals surface area contributed by atoms with Gasteiger partial charge in [0.05, 0.1) is 0 Å². The molecular formula is C36H66. The largest absolute Gasteiger partial charge is 0.103 e. The van der Waals surface area contributed by atoms with Crippen LogP contribution in [0.3, 0.4) is 0 Å². The normalized spacial score (nSPS) is 11.5. The van der Waals surface area contributed by atoms with Crippen molar-refractivity contribution in [1.82, 2.24) is 0 Å². The smallest absolute Gasteiger partial charge is 0.0135 e. The minimum absolute atomic E-state index is 0.184. The van der Waals surface area contributed by atoms with Gasteiger partial charge in [-0.15, -0.1) is 13.2 Å². The molecule has 0 rings (SSSR count). The van der Waals surface area contributed by atoms with Crippen molar-refractivity contribution in [3.63, 3.8) is 0 Å². The van der Waals surface area contributed by atoms with Crippen molar-refractivity contribution >= 4 is 0 Å². The molecule has 0 nitrogen and oxygen atoms in total. The van der Waals surface area contributed by atoms with Crippen molar-refractivity contribution in [2.24, 2.45) is 11.3 Å². The van der Waals surface area contributed by atoms with Gasteiger partial charge in [0.15, 0.2) is 0 Å². The van der Waals surface area contributed by atoms with Crippen molar-refractivity contribution in [2.45, 2.75) is 135 Å². The van der Waals surface area contributed by atoms with Gasteiger partial charge in [-0.05, 0) is 94.8 Å². The van der Waals surface area contributed by atoms with Crippen LogP contribution < -0.4 is 0 Å².